The Labute approximate surface area is 268 Å². The molecule has 0 amide bonds. The SMILES string of the molecule is CCC.CCC.CCC.CCCCCCCCCC(CCCCCCCCC(=O)OCC(CC)CCCCCC)OC. The van der Waals surface area contributed by atoms with Gasteiger partial charge in [-0.05, 0) is 31.6 Å². The molecule has 2 atom stereocenters. The summed E-state index contributed by atoms with van der Waals surface area (Å²) in [5.41, 5.74) is 0. The van der Waals surface area contributed by atoms with E-state index in [1.807, 2.05) is 7.11 Å². The standard InChI is InChI=1S/C30H60O3.3C3H8/c1-5-8-10-12-13-16-20-24-29(32-4)25-21-17-14-15-18-22-26-30(31)33-27-28(7-3)23-19-11-9-6-2;3*1-3-2/h28-29H,5-27H2,1-4H3;3*3H2,1-2H3. The van der Waals surface area contributed by atoms with E-state index in [1.54, 1.807) is 0 Å². The number of unbranched alkanes of at least 4 members (excludes halogenated alkanes) is 14. The van der Waals surface area contributed by atoms with Gasteiger partial charge in [0.15, 0.2) is 0 Å². The Hall–Kier alpha value is -0.570. The summed E-state index contributed by atoms with van der Waals surface area (Å²) in [6, 6.07) is 0. The number of ether oxygens (including phenoxy) is 2. The zero-order valence-corrected chi connectivity index (χ0v) is 31.3. The minimum Gasteiger partial charge on any atom is -0.465 e. The fourth-order valence-electron chi connectivity index (χ4n) is 4.61. The number of hydrogen-bond donors (Lipinski definition) is 0. The van der Waals surface area contributed by atoms with E-state index in [2.05, 4.69) is 62.3 Å². The van der Waals surface area contributed by atoms with Crippen LogP contribution in [-0.4, -0.2) is 25.8 Å². The van der Waals surface area contributed by atoms with Crippen LogP contribution in [-0.2, 0) is 14.3 Å². The molecule has 0 radical (unpaired) electrons. The van der Waals surface area contributed by atoms with Gasteiger partial charge in [-0.2, -0.15) is 0 Å². The highest BCUT2D eigenvalue weighted by Crippen LogP contribution is 2.17. The van der Waals surface area contributed by atoms with Gasteiger partial charge in [-0.3, -0.25) is 4.79 Å². The van der Waals surface area contributed by atoms with Crippen molar-refractivity contribution in [3.8, 4) is 0 Å². The van der Waals surface area contributed by atoms with Gasteiger partial charge in [0.05, 0.1) is 12.7 Å². The van der Waals surface area contributed by atoms with E-state index < -0.39 is 0 Å². The molecule has 258 valence electrons. The van der Waals surface area contributed by atoms with Crippen molar-refractivity contribution < 1.29 is 14.3 Å². The van der Waals surface area contributed by atoms with Gasteiger partial charge in [-0.25, -0.2) is 0 Å². The molecule has 3 nitrogen and oxygen atoms in total. The van der Waals surface area contributed by atoms with Crippen LogP contribution in [0.3, 0.4) is 0 Å². The largest absolute Gasteiger partial charge is 0.465 e. The molecule has 0 aromatic carbocycles. The highest BCUT2D eigenvalue weighted by molar-refractivity contribution is 5.69. The molecule has 0 saturated carbocycles. The van der Waals surface area contributed by atoms with Crippen LogP contribution in [0.1, 0.15) is 223 Å². The maximum absolute atomic E-state index is 12.0. The quantitative estimate of drug-likeness (QED) is 0.0731. The van der Waals surface area contributed by atoms with Crippen LogP contribution < -0.4 is 0 Å². The first-order chi connectivity index (χ1) is 20.4. The third-order valence-corrected chi connectivity index (χ3v) is 7.14. The molecule has 0 saturated heterocycles. The molecule has 0 rings (SSSR count). The van der Waals surface area contributed by atoms with E-state index in [1.165, 1.54) is 135 Å². The molecule has 0 spiro atoms. The average molecular weight is 601 g/mol. The molecule has 0 aromatic heterocycles. The first-order valence-corrected chi connectivity index (χ1v) is 19.1. The highest BCUT2D eigenvalue weighted by atomic mass is 16.5. The topological polar surface area (TPSA) is 35.5 Å². The number of carbonyl (C=O) groups is 1. The lowest BCUT2D eigenvalue weighted by Gasteiger charge is -2.15. The zero-order chi connectivity index (χ0) is 32.5. The molecule has 0 aliphatic rings. The predicted octanol–water partition coefficient (Wildman–Crippen LogP) is 14.1. The molecule has 0 bridgehead atoms. The Balaban J connectivity index is -0.000000705. The summed E-state index contributed by atoms with van der Waals surface area (Å²) in [6.07, 6.45) is 31.5. The number of carbonyl (C=O) groups excluding carboxylic acids is 1. The Bertz CT molecular complexity index is 433. The zero-order valence-electron chi connectivity index (χ0n) is 31.3. The Morgan fingerprint density at radius 1 is 0.500 bits per heavy atom. The summed E-state index contributed by atoms with van der Waals surface area (Å²) in [5, 5.41) is 0. The maximum Gasteiger partial charge on any atom is 0.305 e. The molecular formula is C39H84O3. The number of esters is 1. The maximum atomic E-state index is 12.0. The molecule has 0 aliphatic heterocycles. The van der Waals surface area contributed by atoms with Crippen LogP contribution >= 0.6 is 0 Å². The van der Waals surface area contributed by atoms with Gasteiger partial charge >= 0.3 is 5.97 Å². The monoisotopic (exact) mass is 601 g/mol. The minimum atomic E-state index is 0.00954. The third-order valence-electron chi connectivity index (χ3n) is 7.14. The summed E-state index contributed by atoms with van der Waals surface area (Å²) < 4.78 is 11.2. The van der Waals surface area contributed by atoms with E-state index >= 15 is 0 Å². The lowest BCUT2D eigenvalue weighted by atomic mass is 9.99. The van der Waals surface area contributed by atoms with E-state index in [9.17, 15) is 4.79 Å². The van der Waals surface area contributed by atoms with Crippen molar-refractivity contribution in [2.45, 2.75) is 229 Å². The van der Waals surface area contributed by atoms with Gasteiger partial charge in [0.25, 0.3) is 0 Å². The molecule has 0 heterocycles. The van der Waals surface area contributed by atoms with Crippen molar-refractivity contribution in [3.63, 3.8) is 0 Å². The van der Waals surface area contributed by atoms with Crippen LogP contribution in [0, 0.1) is 5.92 Å². The fourth-order valence-corrected chi connectivity index (χ4v) is 4.61. The van der Waals surface area contributed by atoms with E-state index in [0.717, 1.165) is 19.3 Å². The third kappa shape index (κ3) is 49.1. The van der Waals surface area contributed by atoms with Gasteiger partial charge in [0.2, 0.25) is 0 Å². The molecule has 2 unspecified atom stereocenters. The molecule has 0 fully saturated rings. The molecular weight excluding hydrogens is 516 g/mol. The van der Waals surface area contributed by atoms with Crippen LogP contribution in [0.25, 0.3) is 0 Å². The summed E-state index contributed by atoms with van der Waals surface area (Å²) >= 11 is 0. The number of hydrogen-bond acceptors (Lipinski definition) is 3. The summed E-state index contributed by atoms with van der Waals surface area (Å²) in [4.78, 5) is 12.0. The van der Waals surface area contributed by atoms with Gasteiger partial charge < -0.3 is 9.47 Å². The Kier molecular flexibility index (Phi) is 54.5. The van der Waals surface area contributed by atoms with Crippen molar-refractivity contribution in [1.29, 1.82) is 0 Å². The first kappa shape index (κ1) is 48.3. The Morgan fingerprint density at radius 3 is 1.26 bits per heavy atom. The van der Waals surface area contributed by atoms with Gasteiger partial charge in [-0.1, -0.05) is 191 Å². The normalized spacial score (nSPS) is 11.7. The second kappa shape index (κ2) is 47.4. The van der Waals surface area contributed by atoms with Gasteiger partial charge in [-0.15, -0.1) is 0 Å². The molecule has 0 aromatic rings. The van der Waals surface area contributed by atoms with Crippen LogP contribution in [0.15, 0.2) is 0 Å². The molecule has 0 N–H and O–H groups in total. The van der Waals surface area contributed by atoms with Gasteiger partial charge in [0.1, 0.15) is 0 Å². The first-order valence-electron chi connectivity index (χ1n) is 19.1. The van der Waals surface area contributed by atoms with Crippen molar-refractivity contribution in [2.24, 2.45) is 5.92 Å². The van der Waals surface area contributed by atoms with E-state index in [-0.39, 0.29) is 5.97 Å². The smallest absolute Gasteiger partial charge is 0.305 e. The van der Waals surface area contributed by atoms with Crippen LogP contribution in [0.2, 0.25) is 0 Å². The second-order valence-corrected chi connectivity index (χ2v) is 12.4. The number of methoxy groups -OCH3 is 1. The lowest BCUT2D eigenvalue weighted by Crippen LogP contribution is -2.13. The molecule has 42 heavy (non-hydrogen) atoms. The van der Waals surface area contributed by atoms with Crippen molar-refractivity contribution in [2.75, 3.05) is 13.7 Å². The summed E-state index contributed by atoms with van der Waals surface area (Å²) in [5.74, 6) is 0.558. The number of rotatable bonds is 26. The second-order valence-electron chi connectivity index (χ2n) is 12.4. The lowest BCUT2D eigenvalue weighted by molar-refractivity contribution is -0.145. The van der Waals surface area contributed by atoms with E-state index in [0.29, 0.717) is 25.0 Å². The van der Waals surface area contributed by atoms with Crippen LogP contribution in [0.4, 0.5) is 0 Å². The molecule has 3 heteroatoms. The summed E-state index contributed by atoms with van der Waals surface area (Å²) in [7, 11) is 1.88. The minimum absolute atomic E-state index is 0.00954. The predicted molar refractivity (Wildman–Crippen MR) is 192 cm³/mol. The van der Waals surface area contributed by atoms with Gasteiger partial charge in [0, 0.05) is 13.5 Å². The average Bonchev–Trinajstić information content (AvgIpc) is 2.97. The van der Waals surface area contributed by atoms with Crippen molar-refractivity contribution in [1.82, 2.24) is 0 Å². The fraction of sp³-hybridized carbons (Fsp3) is 0.974. The van der Waals surface area contributed by atoms with Crippen molar-refractivity contribution >= 4 is 5.97 Å². The highest BCUT2D eigenvalue weighted by Gasteiger charge is 2.10. The van der Waals surface area contributed by atoms with Crippen molar-refractivity contribution in [3.05, 3.63) is 0 Å². The Morgan fingerprint density at radius 2 is 0.857 bits per heavy atom. The van der Waals surface area contributed by atoms with E-state index in [4.69, 9.17) is 9.47 Å². The summed E-state index contributed by atoms with van der Waals surface area (Å²) in [6.45, 7) is 20.1. The molecule has 0 aliphatic carbocycles. The van der Waals surface area contributed by atoms with Crippen LogP contribution in [0.5, 0.6) is 0 Å².